The molecule has 0 fully saturated rings. The number of nitrogens with zero attached hydrogens (tertiary/aromatic N) is 3. The zero-order valence-electron chi connectivity index (χ0n) is 16.4. The van der Waals surface area contributed by atoms with Crippen LogP contribution in [0.3, 0.4) is 0 Å². The van der Waals surface area contributed by atoms with Crippen molar-refractivity contribution >= 4 is 17.5 Å². The minimum Gasteiger partial charge on any atom is -0.493 e. The Labute approximate surface area is 169 Å². The van der Waals surface area contributed by atoms with Crippen molar-refractivity contribution in [2.75, 3.05) is 25.7 Å². The van der Waals surface area contributed by atoms with Gasteiger partial charge in [-0.15, -0.1) is 0 Å². The van der Waals surface area contributed by atoms with E-state index >= 15 is 0 Å². The van der Waals surface area contributed by atoms with Crippen molar-refractivity contribution in [2.45, 2.75) is 13.0 Å². The third-order valence-corrected chi connectivity index (χ3v) is 4.93. The molecule has 148 valence electrons. The lowest BCUT2D eigenvalue weighted by atomic mass is 10.2. The van der Waals surface area contributed by atoms with Crippen LogP contribution in [0.1, 0.15) is 21.5 Å². The first kappa shape index (κ1) is 18.7. The summed E-state index contributed by atoms with van der Waals surface area (Å²) in [6.07, 6.45) is 4.09. The molecule has 7 nitrogen and oxygen atoms in total. The number of ether oxygens (including phenoxy) is 2. The molecule has 0 saturated heterocycles. The number of aromatic nitrogens is 2. The molecule has 7 heteroatoms. The van der Waals surface area contributed by atoms with Crippen LogP contribution in [-0.2, 0) is 13.0 Å². The summed E-state index contributed by atoms with van der Waals surface area (Å²) in [4.78, 5) is 23.3. The summed E-state index contributed by atoms with van der Waals surface area (Å²) in [6, 6.07) is 13.8. The first-order valence-corrected chi connectivity index (χ1v) is 9.36. The van der Waals surface area contributed by atoms with Crippen LogP contribution in [0.5, 0.6) is 11.5 Å². The van der Waals surface area contributed by atoms with Crippen LogP contribution < -0.4 is 19.7 Å². The summed E-state index contributed by atoms with van der Waals surface area (Å²) in [5.74, 6) is 1.65. The van der Waals surface area contributed by atoms with Gasteiger partial charge in [0.05, 0.1) is 19.8 Å². The van der Waals surface area contributed by atoms with Gasteiger partial charge in [-0.3, -0.25) is 4.79 Å². The third-order valence-electron chi connectivity index (χ3n) is 4.93. The molecule has 2 aromatic carbocycles. The van der Waals surface area contributed by atoms with E-state index in [2.05, 4.69) is 32.3 Å². The predicted octanol–water partition coefficient (Wildman–Crippen LogP) is 3.12. The van der Waals surface area contributed by atoms with Gasteiger partial charge in [-0.1, -0.05) is 24.3 Å². The number of rotatable bonds is 6. The molecule has 0 unspecified atom stereocenters. The molecular weight excluding hydrogens is 368 g/mol. The number of methoxy groups -OCH3 is 2. The van der Waals surface area contributed by atoms with Crippen LogP contribution in [0.2, 0.25) is 0 Å². The number of hydrogen-bond acceptors (Lipinski definition) is 6. The van der Waals surface area contributed by atoms with Gasteiger partial charge in [-0.2, -0.15) is 0 Å². The molecule has 0 saturated carbocycles. The minimum atomic E-state index is -0.229. The number of anilines is 2. The van der Waals surface area contributed by atoms with E-state index in [1.165, 1.54) is 5.56 Å². The number of nitrogens with one attached hydrogen (secondary N) is 1. The number of hydrogen-bond donors (Lipinski definition) is 1. The van der Waals surface area contributed by atoms with Gasteiger partial charge in [-0.05, 0) is 35.7 Å². The van der Waals surface area contributed by atoms with Crippen molar-refractivity contribution in [3.05, 3.63) is 71.5 Å². The predicted molar refractivity (Wildman–Crippen MR) is 110 cm³/mol. The summed E-state index contributed by atoms with van der Waals surface area (Å²) in [6.45, 7) is 1.20. The van der Waals surface area contributed by atoms with E-state index in [1.807, 2.05) is 30.3 Å². The van der Waals surface area contributed by atoms with Gasteiger partial charge in [-0.25, -0.2) is 9.97 Å². The minimum absolute atomic E-state index is 0.229. The first-order valence-electron chi connectivity index (χ1n) is 9.36. The second kappa shape index (κ2) is 8.18. The second-order valence-electron chi connectivity index (χ2n) is 6.67. The fourth-order valence-corrected chi connectivity index (χ4v) is 3.40. The molecule has 0 aliphatic carbocycles. The molecule has 3 aromatic rings. The maximum atomic E-state index is 12.5. The fourth-order valence-electron chi connectivity index (χ4n) is 3.40. The summed E-state index contributed by atoms with van der Waals surface area (Å²) < 4.78 is 10.5. The Morgan fingerprint density at radius 3 is 2.59 bits per heavy atom. The normalized spacial score (nSPS) is 12.4. The smallest absolute Gasteiger partial charge is 0.254 e. The van der Waals surface area contributed by atoms with E-state index in [1.54, 1.807) is 26.6 Å². The quantitative estimate of drug-likeness (QED) is 0.697. The topological polar surface area (TPSA) is 76.6 Å². The number of carbonyl (C=O) groups excluding carboxylic acids is 1. The van der Waals surface area contributed by atoms with E-state index in [4.69, 9.17) is 9.47 Å². The highest BCUT2D eigenvalue weighted by Crippen LogP contribution is 2.32. The highest BCUT2D eigenvalue weighted by molar-refractivity contribution is 5.93. The molecule has 2 heterocycles. The Hall–Kier alpha value is -3.61. The molecule has 1 N–H and O–H groups in total. The summed E-state index contributed by atoms with van der Waals surface area (Å²) in [7, 11) is 3.17. The highest BCUT2D eigenvalue weighted by atomic mass is 16.5. The molecule has 29 heavy (non-hydrogen) atoms. The first-order chi connectivity index (χ1) is 14.2. The van der Waals surface area contributed by atoms with Crippen molar-refractivity contribution in [1.29, 1.82) is 0 Å². The van der Waals surface area contributed by atoms with Gasteiger partial charge >= 0.3 is 0 Å². The van der Waals surface area contributed by atoms with Crippen molar-refractivity contribution in [1.82, 2.24) is 15.3 Å². The van der Waals surface area contributed by atoms with Crippen molar-refractivity contribution in [3.63, 3.8) is 0 Å². The molecule has 1 aliphatic rings. The molecule has 0 bridgehead atoms. The van der Waals surface area contributed by atoms with Gasteiger partial charge in [0, 0.05) is 31.2 Å². The summed E-state index contributed by atoms with van der Waals surface area (Å²) in [5, 5.41) is 2.88. The Balaban J connectivity index is 1.41. The summed E-state index contributed by atoms with van der Waals surface area (Å²) in [5.41, 5.74) is 3.73. The molecular formula is C22H22N4O3. The van der Waals surface area contributed by atoms with Gasteiger partial charge < -0.3 is 19.7 Å². The van der Waals surface area contributed by atoms with E-state index in [-0.39, 0.29) is 5.91 Å². The number of benzene rings is 2. The van der Waals surface area contributed by atoms with E-state index in [0.717, 1.165) is 24.2 Å². The lowest BCUT2D eigenvalue weighted by Gasteiger charge is -2.17. The standard InChI is InChI=1S/C22H22N4O3/c1-28-19-8-7-15(11-20(19)29-2)12-23-21(27)17-13-24-22(25-14-17)26-10-9-16-5-3-4-6-18(16)26/h3-8,11,13-14H,9-10,12H2,1-2H3,(H,23,27). The van der Waals surface area contributed by atoms with Gasteiger partial charge in [0.2, 0.25) is 5.95 Å². The molecule has 0 atom stereocenters. The van der Waals surface area contributed by atoms with Crippen LogP contribution in [0.4, 0.5) is 11.6 Å². The van der Waals surface area contributed by atoms with E-state index in [9.17, 15) is 4.79 Å². The molecule has 1 aliphatic heterocycles. The Kier molecular flexibility index (Phi) is 5.29. The maximum Gasteiger partial charge on any atom is 0.254 e. The third kappa shape index (κ3) is 3.85. The maximum absolute atomic E-state index is 12.5. The number of carbonyl (C=O) groups is 1. The van der Waals surface area contributed by atoms with Gasteiger partial charge in [0.1, 0.15) is 0 Å². The van der Waals surface area contributed by atoms with Crippen LogP contribution in [0, 0.1) is 0 Å². The Bertz CT molecular complexity index is 1020. The van der Waals surface area contributed by atoms with Crippen LogP contribution in [-0.4, -0.2) is 36.6 Å². The lowest BCUT2D eigenvalue weighted by molar-refractivity contribution is 0.0950. The zero-order valence-corrected chi connectivity index (χ0v) is 16.4. The monoisotopic (exact) mass is 390 g/mol. The van der Waals surface area contributed by atoms with Crippen LogP contribution in [0.15, 0.2) is 54.9 Å². The van der Waals surface area contributed by atoms with Crippen molar-refractivity contribution < 1.29 is 14.3 Å². The van der Waals surface area contributed by atoms with Gasteiger partial charge in [0.25, 0.3) is 5.91 Å². The molecule has 1 amide bonds. The largest absolute Gasteiger partial charge is 0.493 e. The van der Waals surface area contributed by atoms with E-state index in [0.29, 0.717) is 29.6 Å². The molecule has 0 spiro atoms. The van der Waals surface area contributed by atoms with Gasteiger partial charge in [0.15, 0.2) is 11.5 Å². The average Bonchev–Trinajstić information content (AvgIpc) is 3.21. The number of fused-ring (bicyclic) bond motifs is 1. The van der Waals surface area contributed by atoms with Crippen LogP contribution in [0.25, 0.3) is 0 Å². The fraction of sp³-hybridized carbons (Fsp3) is 0.227. The summed E-state index contributed by atoms with van der Waals surface area (Å²) >= 11 is 0. The zero-order chi connectivity index (χ0) is 20.2. The van der Waals surface area contributed by atoms with Crippen LogP contribution >= 0.6 is 0 Å². The SMILES string of the molecule is COc1ccc(CNC(=O)c2cnc(N3CCc4ccccc43)nc2)cc1OC. The Morgan fingerprint density at radius 1 is 1.07 bits per heavy atom. The van der Waals surface area contributed by atoms with Crippen molar-refractivity contribution in [3.8, 4) is 11.5 Å². The average molecular weight is 390 g/mol. The molecule has 1 aromatic heterocycles. The highest BCUT2D eigenvalue weighted by Gasteiger charge is 2.22. The number of para-hydroxylation sites is 1. The number of amides is 1. The van der Waals surface area contributed by atoms with E-state index < -0.39 is 0 Å². The molecule has 4 rings (SSSR count). The Morgan fingerprint density at radius 2 is 1.83 bits per heavy atom. The lowest BCUT2D eigenvalue weighted by Crippen LogP contribution is -2.24. The second-order valence-corrected chi connectivity index (χ2v) is 6.67. The molecule has 0 radical (unpaired) electrons. The van der Waals surface area contributed by atoms with Crippen molar-refractivity contribution in [2.24, 2.45) is 0 Å².